The number of amides is 1. The first-order chi connectivity index (χ1) is 7.08. The molecule has 4 heteroatoms. The molecule has 1 aliphatic rings. The minimum atomic E-state index is 0.0619. The van der Waals surface area contributed by atoms with Gasteiger partial charge >= 0.3 is 0 Å². The summed E-state index contributed by atoms with van der Waals surface area (Å²) in [7, 11) is 1.89. The molecule has 1 aliphatic carbocycles. The molecule has 1 aromatic heterocycles. The maximum atomic E-state index is 11.6. The van der Waals surface area contributed by atoms with Gasteiger partial charge in [-0.1, -0.05) is 0 Å². The van der Waals surface area contributed by atoms with Gasteiger partial charge in [-0.2, -0.15) is 5.10 Å². The van der Waals surface area contributed by atoms with Gasteiger partial charge in [-0.3, -0.25) is 9.48 Å². The Morgan fingerprint density at radius 1 is 1.67 bits per heavy atom. The van der Waals surface area contributed by atoms with E-state index in [1.807, 2.05) is 27.1 Å². The van der Waals surface area contributed by atoms with Crippen molar-refractivity contribution < 1.29 is 4.79 Å². The first-order valence-corrected chi connectivity index (χ1v) is 5.38. The third-order valence-corrected chi connectivity index (χ3v) is 2.82. The molecular formula is C11H17N3O. The molecule has 15 heavy (non-hydrogen) atoms. The molecule has 1 aromatic rings. The highest BCUT2D eigenvalue weighted by Gasteiger charge is 2.30. The number of aryl methyl sites for hydroxylation is 2. The third kappa shape index (κ3) is 2.19. The van der Waals surface area contributed by atoms with E-state index in [1.165, 1.54) is 0 Å². The summed E-state index contributed by atoms with van der Waals surface area (Å²) in [6.45, 7) is 3.97. The summed E-state index contributed by atoms with van der Waals surface area (Å²) >= 11 is 0. The Morgan fingerprint density at radius 3 is 2.80 bits per heavy atom. The molecule has 0 spiro atoms. The fraction of sp³-hybridized carbons (Fsp3) is 0.636. The molecule has 0 saturated heterocycles. The number of hydrogen-bond acceptors (Lipinski definition) is 2. The van der Waals surface area contributed by atoms with Crippen LogP contribution in [0.15, 0.2) is 6.20 Å². The minimum Gasteiger partial charge on any atom is -0.349 e. The number of aromatic nitrogens is 2. The Balaban J connectivity index is 2.03. The molecule has 1 saturated carbocycles. The Bertz CT molecular complexity index is 379. The number of carbonyl (C=O) groups is 1. The second-order valence-electron chi connectivity index (χ2n) is 4.35. The van der Waals surface area contributed by atoms with Crippen LogP contribution in [0.25, 0.3) is 0 Å². The van der Waals surface area contributed by atoms with Crippen LogP contribution in [0.2, 0.25) is 0 Å². The molecule has 1 heterocycles. The maximum absolute atomic E-state index is 11.6. The van der Waals surface area contributed by atoms with Gasteiger partial charge < -0.3 is 5.32 Å². The van der Waals surface area contributed by atoms with Gasteiger partial charge in [-0.05, 0) is 26.7 Å². The zero-order valence-electron chi connectivity index (χ0n) is 9.45. The average molecular weight is 207 g/mol. The molecule has 1 fully saturated rings. The summed E-state index contributed by atoms with van der Waals surface area (Å²) in [6, 6.07) is 0.0619. The molecule has 1 N–H and O–H groups in total. The monoisotopic (exact) mass is 207 g/mol. The van der Waals surface area contributed by atoms with Crippen LogP contribution in [0.5, 0.6) is 0 Å². The minimum absolute atomic E-state index is 0.0619. The van der Waals surface area contributed by atoms with Gasteiger partial charge in [0, 0.05) is 24.7 Å². The van der Waals surface area contributed by atoms with Crippen molar-refractivity contribution >= 4 is 5.91 Å². The summed E-state index contributed by atoms with van der Waals surface area (Å²) in [5.41, 5.74) is 2.09. The molecule has 1 amide bonds. The zero-order chi connectivity index (χ0) is 11.0. The van der Waals surface area contributed by atoms with Gasteiger partial charge in [0.15, 0.2) is 0 Å². The first kappa shape index (κ1) is 10.2. The second kappa shape index (κ2) is 3.68. The van der Waals surface area contributed by atoms with Crippen molar-refractivity contribution in [2.24, 2.45) is 13.0 Å². The van der Waals surface area contributed by atoms with Crippen LogP contribution in [-0.2, 0) is 11.8 Å². The lowest BCUT2D eigenvalue weighted by atomic mass is 10.1. The fourth-order valence-electron chi connectivity index (χ4n) is 1.80. The molecule has 0 aliphatic heterocycles. The molecule has 0 bridgehead atoms. The summed E-state index contributed by atoms with van der Waals surface area (Å²) in [5.74, 6) is 0.454. The smallest absolute Gasteiger partial charge is 0.223 e. The Labute approximate surface area is 89.7 Å². The number of nitrogens with zero attached hydrogens (tertiary/aromatic N) is 2. The molecule has 0 radical (unpaired) electrons. The van der Waals surface area contributed by atoms with E-state index in [0.717, 1.165) is 24.1 Å². The molecular weight excluding hydrogens is 190 g/mol. The highest BCUT2D eigenvalue weighted by atomic mass is 16.2. The van der Waals surface area contributed by atoms with Crippen LogP contribution in [0.4, 0.5) is 0 Å². The maximum Gasteiger partial charge on any atom is 0.223 e. The standard InChI is InChI=1S/C11H17N3O/c1-7(12-11(15)9-4-5-9)10-6-14(3)13-8(10)2/h6-7,9H,4-5H2,1-3H3,(H,12,15). The fourth-order valence-corrected chi connectivity index (χ4v) is 1.80. The normalized spacial score (nSPS) is 17.5. The molecule has 82 valence electrons. The van der Waals surface area contributed by atoms with Crippen LogP contribution < -0.4 is 5.32 Å². The van der Waals surface area contributed by atoms with E-state index in [4.69, 9.17) is 0 Å². The number of nitrogens with one attached hydrogen (secondary N) is 1. The summed E-state index contributed by atoms with van der Waals surface area (Å²) in [6.07, 6.45) is 4.06. The van der Waals surface area contributed by atoms with Crippen molar-refractivity contribution in [2.45, 2.75) is 32.7 Å². The lowest BCUT2D eigenvalue weighted by Gasteiger charge is -2.12. The van der Waals surface area contributed by atoms with Crippen molar-refractivity contribution in [2.75, 3.05) is 0 Å². The van der Waals surface area contributed by atoms with Crippen molar-refractivity contribution in [1.82, 2.24) is 15.1 Å². The Morgan fingerprint density at radius 2 is 2.33 bits per heavy atom. The lowest BCUT2D eigenvalue weighted by Crippen LogP contribution is -2.28. The van der Waals surface area contributed by atoms with E-state index >= 15 is 0 Å². The van der Waals surface area contributed by atoms with Gasteiger partial charge in [0.1, 0.15) is 0 Å². The van der Waals surface area contributed by atoms with E-state index in [2.05, 4.69) is 10.4 Å². The molecule has 4 nitrogen and oxygen atoms in total. The number of rotatable bonds is 3. The van der Waals surface area contributed by atoms with Crippen molar-refractivity contribution in [1.29, 1.82) is 0 Å². The summed E-state index contributed by atoms with van der Waals surface area (Å²) in [4.78, 5) is 11.6. The van der Waals surface area contributed by atoms with E-state index in [0.29, 0.717) is 0 Å². The van der Waals surface area contributed by atoms with Crippen LogP contribution in [-0.4, -0.2) is 15.7 Å². The SMILES string of the molecule is Cc1nn(C)cc1C(C)NC(=O)C1CC1. The van der Waals surface area contributed by atoms with Gasteiger partial charge in [0.2, 0.25) is 5.91 Å². The summed E-state index contributed by atoms with van der Waals surface area (Å²) < 4.78 is 1.78. The second-order valence-corrected chi connectivity index (χ2v) is 4.35. The van der Waals surface area contributed by atoms with Crippen LogP contribution in [0.1, 0.15) is 37.1 Å². The van der Waals surface area contributed by atoms with Crippen LogP contribution in [0.3, 0.4) is 0 Å². The zero-order valence-corrected chi connectivity index (χ0v) is 9.45. The van der Waals surface area contributed by atoms with Crippen LogP contribution in [0, 0.1) is 12.8 Å². The third-order valence-electron chi connectivity index (χ3n) is 2.82. The highest BCUT2D eigenvalue weighted by molar-refractivity contribution is 5.81. The molecule has 1 atom stereocenters. The quantitative estimate of drug-likeness (QED) is 0.812. The van der Waals surface area contributed by atoms with Gasteiger partial charge in [0.25, 0.3) is 0 Å². The van der Waals surface area contributed by atoms with E-state index in [9.17, 15) is 4.79 Å². The van der Waals surface area contributed by atoms with Crippen molar-refractivity contribution in [3.05, 3.63) is 17.5 Å². The summed E-state index contributed by atoms with van der Waals surface area (Å²) in [5, 5.41) is 7.29. The van der Waals surface area contributed by atoms with Gasteiger partial charge in [-0.25, -0.2) is 0 Å². The average Bonchev–Trinajstić information content (AvgIpc) is 2.92. The van der Waals surface area contributed by atoms with Crippen LogP contribution >= 0.6 is 0 Å². The Hall–Kier alpha value is -1.32. The molecule has 0 aromatic carbocycles. The number of hydrogen-bond donors (Lipinski definition) is 1. The topological polar surface area (TPSA) is 46.9 Å². The molecule has 2 rings (SSSR count). The lowest BCUT2D eigenvalue weighted by molar-refractivity contribution is -0.122. The Kier molecular flexibility index (Phi) is 2.50. The first-order valence-electron chi connectivity index (χ1n) is 5.38. The predicted molar refractivity (Wildman–Crippen MR) is 57.2 cm³/mol. The van der Waals surface area contributed by atoms with E-state index in [-0.39, 0.29) is 17.9 Å². The highest BCUT2D eigenvalue weighted by Crippen LogP contribution is 2.29. The van der Waals surface area contributed by atoms with E-state index < -0.39 is 0 Å². The van der Waals surface area contributed by atoms with Crippen molar-refractivity contribution in [3.8, 4) is 0 Å². The predicted octanol–water partition coefficient (Wildman–Crippen LogP) is 1.32. The van der Waals surface area contributed by atoms with Gasteiger partial charge in [-0.15, -0.1) is 0 Å². The number of carbonyl (C=O) groups excluding carboxylic acids is 1. The largest absolute Gasteiger partial charge is 0.349 e. The molecule has 1 unspecified atom stereocenters. The van der Waals surface area contributed by atoms with Crippen molar-refractivity contribution in [3.63, 3.8) is 0 Å². The van der Waals surface area contributed by atoms with E-state index in [1.54, 1.807) is 4.68 Å². The van der Waals surface area contributed by atoms with Gasteiger partial charge in [0.05, 0.1) is 11.7 Å².